The van der Waals surface area contributed by atoms with E-state index in [0.29, 0.717) is 0 Å². The smallest absolute Gasteiger partial charge is 0.137 e. The summed E-state index contributed by atoms with van der Waals surface area (Å²) < 4.78 is 5.13. The van der Waals surface area contributed by atoms with E-state index >= 15 is 0 Å². The second kappa shape index (κ2) is 4.65. The van der Waals surface area contributed by atoms with E-state index in [4.69, 9.17) is 4.52 Å². The molecule has 1 heterocycles. The van der Waals surface area contributed by atoms with Gasteiger partial charge in [0.05, 0.1) is 5.69 Å². The van der Waals surface area contributed by atoms with Crippen molar-refractivity contribution in [3.8, 4) is 0 Å². The normalized spacial score (nSPS) is 11.0. The predicted octanol–water partition coefficient (Wildman–Crippen LogP) is 3.16. The topological polar surface area (TPSA) is 26.0 Å². The first-order valence-electron chi connectivity index (χ1n) is 4.22. The molecule has 1 rings (SSSR count). The quantitative estimate of drug-likeness (QED) is 0.745. The van der Waals surface area contributed by atoms with Crippen LogP contribution in [0.1, 0.15) is 31.7 Å². The van der Waals surface area contributed by atoms with E-state index in [2.05, 4.69) is 34.9 Å². The number of nitrogens with zero attached hydrogens (tertiary/aromatic N) is 1. The van der Waals surface area contributed by atoms with Crippen molar-refractivity contribution < 1.29 is 4.52 Å². The molecule has 0 aliphatic heterocycles. The van der Waals surface area contributed by atoms with E-state index in [1.165, 1.54) is 0 Å². The molecule has 12 heavy (non-hydrogen) atoms. The van der Waals surface area contributed by atoms with Crippen molar-refractivity contribution >= 4 is 15.9 Å². The highest BCUT2D eigenvalue weighted by Crippen LogP contribution is 2.11. The van der Waals surface area contributed by atoms with Crippen molar-refractivity contribution in [2.45, 2.75) is 32.0 Å². The van der Waals surface area contributed by atoms with Crippen molar-refractivity contribution in [3.05, 3.63) is 17.5 Å². The third-order valence-corrected chi connectivity index (χ3v) is 2.29. The van der Waals surface area contributed by atoms with Crippen LogP contribution >= 0.6 is 15.9 Å². The number of halogens is 1. The van der Waals surface area contributed by atoms with Gasteiger partial charge in [-0.2, -0.15) is 0 Å². The van der Waals surface area contributed by atoms with Gasteiger partial charge in [-0.05, 0) is 12.3 Å². The van der Waals surface area contributed by atoms with E-state index in [1.54, 1.807) is 0 Å². The van der Waals surface area contributed by atoms with Crippen LogP contribution in [0, 0.1) is 5.92 Å². The molecule has 0 N–H and O–H groups in total. The zero-order valence-corrected chi connectivity index (χ0v) is 9.10. The molecular formula is C9H14BrNO. The van der Waals surface area contributed by atoms with Gasteiger partial charge in [-0.25, -0.2) is 0 Å². The molecule has 0 spiro atoms. The van der Waals surface area contributed by atoms with Gasteiger partial charge >= 0.3 is 0 Å². The first-order chi connectivity index (χ1) is 5.72. The highest BCUT2D eigenvalue weighted by Gasteiger charge is 2.03. The van der Waals surface area contributed by atoms with Gasteiger partial charge in [0.2, 0.25) is 0 Å². The second-order valence-electron chi connectivity index (χ2n) is 3.35. The Morgan fingerprint density at radius 1 is 1.58 bits per heavy atom. The highest BCUT2D eigenvalue weighted by molar-refractivity contribution is 9.08. The molecule has 0 aromatic carbocycles. The summed E-state index contributed by atoms with van der Waals surface area (Å²) in [5, 5.41) is 4.67. The molecule has 0 atom stereocenters. The van der Waals surface area contributed by atoms with Gasteiger partial charge in [-0.15, -0.1) is 0 Å². The molecule has 0 amide bonds. The van der Waals surface area contributed by atoms with Crippen LogP contribution in [0.2, 0.25) is 0 Å². The first kappa shape index (κ1) is 9.78. The first-order valence-corrected chi connectivity index (χ1v) is 5.35. The number of aromatic nitrogens is 1. The molecule has 0 saturated carbocycles. The predicted molar refractivity (Wildman–Crippen MR) is 52.3 cm³/mol. The van der Waals surface area contributed by atoms with Gasteiger partial charge < -0.3 is 4.52 Å². The SMILES string of the molecule is CC(C)CCc1cc(CBr)no1. The summed E-state index contributed by atoms with van der Waals surface area (Å²) in [4.78, 5) is 0. The standard InChI is InChI=1S/C9H14BrNO/c1-7(2)3-4-9-5-8(6-10)11-12-9/h5,7H,3-4,6H2,1-2H3. The van der Waals surface area contributed by atoms with Gasteiger partial charge in [0.1, 0.15) is 5.76 Å². The molecule has 0 unspecified atom stereocenters. The lowest BCUT2D eigenvalue weighted by Crippen LogP contribution is -1.89. The van der Waals surface area contributed by atoms with E-state index in [1.807, 2.05) is 6.07 Å². The molecule has 0 radical (unpaired) electrons. The minimum absolute atomic E-state index is 0.725. The van der Waals surface area contributed by atoms with Gasteiger partial charge in [0, 0.05) is 17.8 Å². The summed E-state index contributed by atoms with van der Waals surface area (Å²) in [5.41, 5.74) is 0.980. The maximum absolute atomic E-state index is 5.13. The summed E-state index contributed by atoms with van der Waals surface area (Å²) in [6.07, 6.45) is 2.16. The molecule has 1 aromatic heterocycles. The van der Waals surface area contributed by atoms with E-state index in [-0.39, 0.29) is 0 Å². The van der Waals surface area contributed by atoms with Gasteiger partial charge in [0.15, 0.2) is 0 Å². The minimum Gasteiger partial charge on any atom is -0.361 e. The van der Waals surface area contributed by atoms with Crippen LogP contribution in [0.4, 0.5) is 0 Å². The van der Waals surface area contributed by atoms with E-state index in [9.17, 15) is 0 Å². The molecule has 0 aliphatic carbocycles. The fraction of sp³-hybridized carbons (Fsp3) is 0.667. The van der Waals surface area contributed by atoms with Crippen molar-refractivity contribution in [2.24, 2.45) is 5.92 Å². The fourth-order valence-corrected chi connectivity index (χ4v) is 1.23. The third-order valence-electron chi connectivity index (χ3n) is 1.71. The van der Waals surface area contributed by atoms with E-state index < -0.39 is 0 Å². The van der Waals surface area contributed by atoms with Crippen LogP contribution in [0.25, 0.3) is 0 Å². The van der Waals surface area contributed by atoms with E-state index in [0.717, 1.165) is 35.5 Å². The zero-order chi connectivity index (χ0) is 8.97. The van der Waals surface area contributed by atoms with Gasteiger partial charge in [0.25, 0.3) is 0 Å². The van der Waals surface area contributed by atoms with Crippen LogP contribution in [0.15, 0.2) is 10.6 Å². The van der Waals surface area contributed by atoms with Crippen LogP contribution in [-0.4, -0.2) is 5.16 Å². The summed E-state index contributed by atoms with van der Waals surface area (Å²) in [6.45, 7) is 4.42. The summed E-state index contributed by atoms with van der Waals surface area (Å²) in [6, 6.07) is 2.01. The van der Waals surface area contributed by atoms with Crippen LogP contribution < -0.4 is 0 Å². The lowest BCUT2D eigenvalue weighted by atomic mass is 10.1. The van der Waals surface area contributed by atoms with Crippen LogP contribution in [0.5, 0.6) is 0 Å². The second-order valence-corrected chi connectivity index (χ2v) is 3.91. The maximum atomic E-state index is 5.13. The average molecular weight is 232 g/mol. The zero-order valence-electron chi connectivity index (χ0n) is 7.51. The number of aryl methyl sites for hydroxylation is 1. The van der Waals surface area contributed by atoms with Crippen molar-refractivity contribution in [1.82, 2.24) is 5.16 Å². The fourth-order valence-electron chi connectivity index (χ4n) is 0.968. The Bertz CT molecular complexity index is 232. The lowest BCUT2D eigenvalue weighted by Gasteiger charge is -1.99. The van der Waals surface area contributed by atoms with Crippen LogP contribution in [-0.2, 0) is 11.8 Å². The Kier molecular flexibility index (Phi) is 3.79. The number of rotatable bonds is 4. The monoisotopic (exact) mass is 231 g/mol. The molecule has 0 aliphatic rings. The van der Waals surface area contributed by atoms with Crippen molar-refractivity contribution in [3.63, 3.8) is 0 Å². The summed E-state index contributed by atoms with van der Waals surface area (Å²) in [5.74, 6) is 1.72. The van der Waals surface area contributed by atoms with Crippen LogP contribution in [0.3, 0.4) is 0 Å². The average Bonchev–Trinajstić information content (AvgIpc) is 2.48. The summed E-state index contributed by atoms with van der Waals surface area (Å²) in [7, 11) is 0. The Morgan fingerprint density at radius 3 is 2.83 bits per heavy atom. The lowest BCUT2D eigenvalue weighted by molar-refractivity contribution is 0.369. The number of hydrogen-bond acceptors (Lipinski definition) is 2. The van der Waals surface area contributed by atoms with Crippen molar-refractivity contribution in [2.75, 3.05) is 0 Å². The Hall–Kier alpha value is -0.310. The van der Waals surface area contributed by atoms with Gasteiger partial charge in [-0.1, -0.05) is 34.9 Å². The molecule has 1 aromatic rings. The molecule has 0 bridgehead atoms. The molecular weight excluding hydrogens is 218 g/mol. The Labute approximate surface area is 81.5 Å². The van der Waals surface area contributed by atoms with Gasteiger partial charge in [-0.3, -0.25) is 0 Å². The number of hydrogen-bond donors (Lipinski definition) is 0. The molecule has 0 fully saturated rings. The highest BCUT2D eigenvalue weighted by atomic mass is 79.9. The largest absolute Gasteiger partial charge is 0.361 e. The summed E-state index contributed by atoms with van der Waals surface area (Å²) >= 11 is 3.33. The number of alkyl halides is 1. The minimum atomic E-state index is 0.725. The molecule has 3 heteroatoms. The molecule has 0 saturated heterocycles. The molecule has 2 nitrogen and oxygen atoms in total. The maximum Gasteiger partial charge on any atom is 0.137 e. The third kappa shape index (κ3) is 2.97. The van der Waals surface area contributed by atoms with Crippen molar-refractivity contribution in [1.29, 1.82) is 0 Å². The molecule has 68 valence electrons. The Morgan fingerprint density at radius 2 is 2.33 bits per heavy atom. The Balaban J connectivity index is 2.41.